The third kappa shape index (κ3) is 3.90. The number of methoxy groups -OCH3 is 3. The lowest BCUT2D eigenvalue weighted by atomic mass is 10.1. The molecule has 0 fully saturated rings. The van der Waals surface area contributed by atoms with Crippen molar-refractivity contribution in [2.45, 2.75) is 13.5 Å². The number of amides is 1. The molecule has 0 bridgehead atoms. The molecule has 0 aliphatic heterocycles. The maximum atomic E-state index is 12.6. The van der Waals surface area contributed by atoms with Gasteiger partial charge in [0.2, 0.25) is 5.75 Å². The molecule has 1 N–H and O–H groups in total. The number of rotatable bonds is 7. The van der Waals surface area contributed by atoms with Gasteiger partial charge in [-0.25, -0.2) is 4.98 Å². The van der Waals surface area contributed by atoms with Crippen LogP contribution in [0.15, 0.2) is 34.1 Å². The van der Waals surface area contributed by atoms with Gasteiger partial charge in [-0.15, -0.1) is 11.3 Å². The second kappa shape index (κ2) is 8.13. The summed E-state index contributed by atoms with van der Waals surface area (Å²) in [4.78, 5) is 17.0. The highest BCUT2D eigenvalue weighted by atomic mass is 32.1. The van der Waals surface area contributed by atoms with E-state index in [0.717, 1.165) is 10.7 Å². The Morgan fingerprint density at radius 3 is 2.52 bits per heavy atom. The van der Waals surface area contributed by atoms with Gasteiger partial charge in [0.1, 0.15) is 11.5 Å². The molecule has 1 aromatic carbocycles. The number of nitrogens with one attached hydrogen (secondary N) is 1. The van der Waals surface area contributed by atoms with E-state index in [2.05, 4.69) is 10.3 Å². The molecule has 0 spiro atoms. The van der Waals surface area contributed by atoms with E-state index < -0.39 is 0 Å². The summed E-state index contributed by atoms with van der Waals surface area (Å²) in [6, 6.07) is 6.94. The molecule has 2 aromatic heterocycles. The van der Waals surface area contributed by atoms with E-state index in [4.69, 9.17) is 18.6 Å². The fraction of sp³-hybridized carbons (Fsp3) is 0.263. The SMILES string of the molecule is COc1ccc(C(=O)NCc2ccc(-c3csc(C)n3)o2)c(OC)c1OC. The minimum atomic E-state index is -0.310. The monoisotopic (exact) mass is 388 g/mol. The van der Waals surface area contributed by atoms with Crippen molar-refractivity contribution < 1.29 is 23.4 Å². The lowest BCUT2D eigenvalue weighted by molar-refractivity contribution is 0.0944. The van der Waals surface area contributed by atoms with Crippen molar-refractivity contribution in [3.63, 3.8) is 0 Å². The first-order valence-corrected chi connectivity index (χ1v) is 9.03. The van der Waals surface area contributed by atoms with Gasteiger partial charge >= 0.3 is 0 Å². The molecule has 1 amide bonds. The van der Waals surface area contributed by atoms with Gasteiger partial charge in [0.15, 0.2) is 17.3 Å². The third-order valence-corrected chi connectivity index (χ3v) is 4.68. The smallest absolute Gasteiger partial charge is 0.255 e. The van der Waals surface area contributed by atoms with E-state index in [1.54, 1.807) is 23.5 Å². The standard InChI is InChI=1S/C19H20N2O5S/c1-11-21-14(10-27-11)15-7-5-12(26-15)9-20-19(22)13-6-8-16(23-2)18(25-4)17(13)24-3/h5-8,10H,9H2,1-4H3,(H,20,22). The average Bonchev–Trinajstić information content (AvgIpc) is 3.33. The number of carbonyl (C=O) groups is 1. The maximum absolute atomic E-state index is 12.6. The minimum Gasteiger partial charge on any atom is -0.493 e. The van der Waals surface area contributed by atoms with Crippen LogP contribution in [0.2, 0.25) is 0 Å². The molecule has 0 unspecified atom stereocenters. The van der Waals surface area contributed by atoms with Gasteiger partial charge in [0, 0.05) is 5.38 Å². The molecule has 27 heavy (non-hydrogen) atoms. The molecular weight excluding hydrogens is 368 g/mol. The Labute approximate surface area is 160 Å². The zero-order chi connectivity index (χ0) is 19.4. The number of aryl methyl sites for hydroxylation is 1. The number of ether oxygens (including phenoxy) is 3. The summed E-state index contributed by atoms with van der Waals surface area (Å²) in [5, 5.41) is 5.73. The van der Waals surface area contributed by atoms with Crippen LogP contribution >= 0.6 is 11.3 Å². The van der Waals surface area contributed by atoms with Crippen LogP contribution in [0.4, 0.5) is 0 Å². The van der Waals surface area contributed by atoms with Crippen molar-refractivity contribution in [1.29, 1.82) is 0 Å². The predicted octanol–water partition coefficient (Wildman–Crippen LogP) is 3.67. The molecule has 8 heteroatoms. The molecule has 7 nitrogen and oxygen atoms in total. The quantitative estimate of drug-likeness (QED) is 0.665. The van der Waals surface area contributed by atoms with Gasteiger partial charge in [-0.3, -0.25) is 4.79 Å². The van der Waals surface area contributed by atoms with Crippen molar-refractivity contribution >= 4 is 17.2 Å². The molecular formula is C19H20N2O5S. The Balaban J connectivity index is 1.74. The molecule has 3 aromatic rings. The van der Waals surface area contributed by atoms with Crippen LogP contribution in [0, 0.1) is 6.92 Å². The van der Waals surface area contributed by atoms with Crippen molar-refractivity contribution in [1.82, 2.24) is 10.3 Å². The summed E-state index contributed by atoms with van der Waals surface area (Å²) in [7, 11) is 4.49. The number of hydrogen-bond acceptors (Lipinski definition) is 7. The van der Waals surface area contributed by atoms with Gasteiger partial charge in [-0.05, 0) is 31.2 Å². The van der Waals surface area contributed by atoms with Crippen LogP contribution in [0.5, 0.6) is 17.2 Å². The molecule has 0 aliphatic carbocycles. The van der Waals surface area contributed by atoms with Gasteiger partial charge < -0.3 is 23.9 Å². The number of nitrogens with zero attached hydrogens (tertiary/aromatic N) is 1. The van der Waals surface area contributed by atoms with Crippen molar-refractivity contribution in [2.75, 3.05) is 21.3 Å². The number of carbonyl (C=O) groups excluding carboxylic acids is 1. The number of hydrogen-bond donors (Lipinski definition) is 1. The lowest BCUT2D eigenvalue weighted by Crippen LogP contribution is -2.23. The van der Waals surface area contributed by atoms with Crippen LogP contribution < -0.4 is 19.5 Å². The van der Waals surface area contributed by atoms with Gasteiger partial charge in [0.25, 0.3) is 5.91 Å². The van der Waals surface area contributed by atoms with Crippen LogP contribution in [0.3, 0.4) is 0 Å². The van der Waals surface area contributed by atoms with Crippen molar-refractivity contribution in [2.24, 2.45) is 0 Å². The zero-order valence-electron chi connectivity index (χ0n) is 15.5. The molecule has 0 atom stereocenters. The second-order valence-electron chi connectivity index (χ2n) is 5.58. The van der Waals surface area contributed by atoms with Crippen molar-refractivity contribution in [3.05, 3.63) is 46.0 Å². The number of benzene rings is 1. The van der Waals surface area contributed by atoms with E-state index in [1.807, 2.05) is 24.4 Å². The van der Waals surface area contributed by atoms with E-state index in [9.17, 15) is 4.79 Å². The Morgan fingerprint density at radius 1 is 1.11 bits per heavy atom. The second-order valence-corrected chi connectivity index (χ2v) is 6.64. The van der Waals surface area contributed by atoms with E-state index >= 15 is 0 Å². The Kier molecular flexibility index (Phi) is 5.66. The molecule has 0 radical (unpaired) electrons. The summed E-state index contributed by atoms with van der Waals surface area (Å²) in [5.41, 5.74) is 1.13. The van der Waals surface area contributed by atoms with Crippen LogP contribution in [0.1, 0.15) is 21.1 Å². The Morgan fingerprint density at radius 2 is 1.89 bits per heavy atom. The van der Waals surface area contributed by atoms with Crippen LogP contribution in [-0.2, 0) is 6.54 Å². The van der Waals surface area contributed by atoms with Crippen molar-refractivity contribution in [3.8, 4) is 28.7 Å². The summed E-state index contributed by atoms with van der Waals surface area (Å²) in [5.74, 6) is 2.16. The molecule has 0 saturated carbocycles. The molecule has 0 aliphatic rings. The predicted molar refractivity (Wildman–Crippen MR) is 102 cm³/mol. The van der Waals surface area contributed by atoms with Gasteiger partial charge in [0.05, 0.1) is 38.4 Å². The van der Waals surface area contributed by atoms with Crippen LogP contribution in [-0.4, -0.2) is 32.2 Å². The highest BCUT2D eigenvalue weighted by Crippen LogP contribution is 2.39. The normalized spacial score (nSPS) is 10.5. The highest BCUT2D eigenvalue weighted by molar-refractivity contribution is 7.09. The first-order valence-electron chi connectivity index (χ1n) is 8.15. The fourth-order valence-corrected chi connectivity index (χ4v) is 3.23. The topological polar surface area (TPSA) is 82.8 Å². The Bertz CT molecular complexity index is 947. The third-order valence-electron chi connectivity index (χ3n) is 3.91. The Hall–Kier alpha value is -3.00. The summed E-state index contributed by atoms with van der Waals surface area (Å²) in [6.07, 6.45) is 0. The molecule has 2 heterocycles. The van der Waals surface area contributed by atoms with E-state index in [0.29, 0.717) is 34.3 Å². The maximum Gasteiger partial charge on any atom is 0.255 e. The minimum absolute atomic E-state index is 0.236. The average molecular weight is 388 g/mol. The largest absolute Gasteiger partial charge is 0.493 e. The van der Waals surface area contributed by atoms with Crippen LogP contribution in [0.25, 0.3) is 11.5 Å². The number of furan rings is 1. The number of aromatic nitrogens is 1. The summed E-state index contributed by atoms with van der Waals surface area (Å²) < 4.78 is 21.7. The molecule has 3 rings (SSSR count). The number of thiazole rings is 1. The lowest BCUT2D eigenvalue weighted by Gasteiger charge is -2.15. The first-order chi connectivity index (χ1) is 13.1. The van der Waals surface area contributed by atoms with E-state index in [-0.39, 0.29) is 12.5 Å². The zero-order valence-corrected chi connectivity index (χ0v) is 16.3. The fourth-order valence-electron chi connectivity index (χ4n) is 2.63. The molecule has 142 valence electrons. The van der Waals surface area contributed by atoms with E-state index in [1.165, 1.54) is 21.3 Å². The van der Waals surface area contributed by atoms with Gasteiger partial charge in [-0.1, -0.05) is 0 Å². The first kappa shape index (κ1) is 18.8. The summed E-state index contributed by atoms with van der Waals surface area (Å²) >= 11 is 1.56. The molecule has 0 saturated heterocycles. The summed E-state index contributed by atoms with van der Waals surface area (Å²) in [6.45, 7) is 2.17. The highest BCUT2D eigenvalue weighted by Gasteiger charge is 2.20. The van der Waals surface area contributed by atoms with Gasteiger partial charge in [-0.2, -0.15) is 0 Å².